The number of carboxylic acids is 1. The summed E-state index contributed by atoms with van der Waals surface area (Å²) in [5, 5.41) is 16.7. The number of carbonyl (C=O) groups excluding carboxylic acids is 4. The zero-order valence-corrected chi connectivity index (χ0v) is 20.7. The molecule has 14 nitrogen and oxygen atoms in total. The number of amides is 4. The SMILES string of the molecule is CCC(C)C(NC(=O)C(CC(N)=O)NC(=O)C(CCCN=C(N)N)NC(=O)C(N)C(C)C)C(=O)O. The van der Waals surface area contributed by atoms with Gasteiger partial charge in [0.15, 0.2) is 5.96 Å². The molecule has 0 aromatic heterocycles. The van der Waals surface area contributed by atoms with Gasteiger partial charge in [-0.1, -0.05) is 34.1 Å². The summed E-state index contributed by atoms with van der Waals surface area (Å²) in [7, 11) is 0. The minimum atomic E-state index is -1.46. The van der Waals surface area contributed by atoms with Gasteiger partial charge in [0.1, 0.15) is 18.1 Å². The van der Waals surface area contributed by atoms with E-state index in [-0.39, 0.29) is 24.8 Å². The molecule has 5 unspecified atom stereocenters. The van der Waals surface area contributed by atoms with Crippen LogP contribution in [0.1, 0.15) is 53.4 Å². The van der Waals surface area contributed by atoms with E-state index in [4.69, 9.17) is 22.9 Å². The van der Waals surface area contributed by atoms with Crippen molar-refractivity contribution in [1.29, 1.82) is 0 Å². The van der Waals surface area contributed by atoms with Crippen molar-refractivity contribution in [3.8, 4) is 0 Å². The highest BCUT2D eigenvalue weighted by Gasteiger charge is 2.32. The van der Waals surface area contributed by atoms with E-state index in [0.717, 1.165) is 0 Å². The summed E-state index contributed by atoms with van der Waals surface area (Å²) in [5.74, 6) is -5.17. The second-order valence-corrected chi connectivity index (χ2v) is 8.72. The van der Waals surface area contributed by atoms with Crippen LogP contribution in [-0.2, 0) is 24.0 Å². The minimum Gasteiger partial charge on any atom is -0.480 e. The molecule has 0 aromatic carbocycles. The number of aliphatic imine (C=N–C) groups is 1. The van der Waals surface area contributed by atoms with E-state index < -0.39 is 66.1 Å². The third-order valence-corrected chi connectivity index (χ3v) is 5.41. The number of guanidine groups is 1. The van der Waals surface area contributed by atoms with Crippen molar-refractivity contribution < 1.29 is 29.1 Å². The molecule has 0 heterocycles. The first-order valence-corrected chi connectivity index (χ1v) is 11.4. The molecule has 0 rings (SSSR count). The molecule has 0 aliphatic carbocycles. The van der Waals surface area contributed by atoms with Crippen molar-refractivity contribution >= 4 is 35.6 Å². The van der Waals surface area contributed by atoms with Crippen LogP contribution in [0.4, 0.5) is 0 Å². The van der Waals surface area contributed by atoms with Gasteiger partial charge in [0.25, 0.3) is 0 Å². The molecule has 0 aromatic rings. The molecular weight excluding hydrogens is 460 g/mol. The van der Waals surface area contributed by atoms with Gasteiger partial charge in [0, 0.05) is 6.54 Å². The highest BCUT2D eigenvalue weighted by Crippen LogP contribution is 2.09. The van der Waals surface area contributed by atoms with Crippen LogP contribution in [0.2, 0.25) is 0 Å². The fourth-order valence-corrected chi connectivity index (χ4v) is 2.96. The summed E-state index contributed by atoms with van der Waals surface area (Å²) in [6.07, 6.45) is 0.276. The average molecular weight is 501 g/mol. The molecule has 0 aliphatic rings. The Hall–Kier alpha value is -3.42. The Morgan fingerprint density at radius 2 is 1.43 bits per heavy atom. The zero-order valence-electron chi connectivity index (χ0n) is 20.7. The van der Waals surface area contributed by atoms with E-state index in [1.807, 2.05) is 0 Å². The molecule has 12 N–H and O–H groups in total. The average Bonchev–Trinajstić information content (AvgIpc) is 2.76. The smallest absolute Gasteiger partial charge is 0.326 e. The van der Waals surface area contributed by atoms with Gasteiger partial charge in [-0.3, -0.25) is 24.2 Å². The van der Waals surface area contributed by atoms with Crippen LogP contribution in [0.5, 0.6) is 0 Å². The molecule has 0 fully saturated rings. The predicted molar refractivity (Wildman–Crippen MR) is 129 cm³/mol. The molecule has 200 valence electrons. The normalized spacial score (nSPS) is 15.1. The summed E-state index contributed by atoms with van der Waals surface area (Å²) in [4.78, 5) is 65.2. The van der Waals surface area contributed by atoms with Gasteiger partial charge in [-0.05, 0) is 24.7 Å². The van der Waals surface area contributed by atoms with E-state index >= 15 is 0 Å². The molecule has 4 amide bonds. The number of carbonyl (C=O) groups is 5. The molecular formula is C21H40N8O6. The standard InChI is InChI=1S/C21H40N8O6/c1-5-11(4)16(20(34)35)29-18(32)13(9-14(22)30)28-17(31)12(7-6-8-26-21(24)25)27-19(33)15(23)10(2)3/h10-13,15-16H,5-9,23H2,1-4H3,(H2,22,30)(H,27,33)(H,28,31)(H,29,32)(H,34,35)(H4,24,25,26). The maximum absolute atomic E-state index is 13.0. The van der Waals surface area contributed by atoms with Gasteiger partial charge < -0.3 is 44.0 Å². The lowest BCUT2D eigenvalue weighted by molar-refractivity contribution is -0.144. The van der Waals surface area contributed by atoms with Crippen LogP contribution in [0, 0.1) is 11.8 Å². The van der Waals surface area contributed by atoms with E-state index in [0.29, 0.717) is 12.8 Å². The Kier molecular flexibility index (Phi) is 14.0. The van der Waals surface area contributed by atoms with Crippen molar-refractivity contribution in [3.05, 3.63) is 0 Å². The topological polar surface area (TPSA) is 258 Å². The third kappa shape index (κ3) is 12.0. The van der Waals surface area contributed by atoms with Crippen LogP contribution in [0.15, 0.2) is 4.99 Å². The number of primary amides is 1. The second kappa shape index (κ2) is 15.5. The summed E-state index contributed by atoms with van der Waals surface area (Å²) in [6.45, 7) is 7.05. The zero-order chi connectivity index (χ0) is 27.3. The number of rotatable bonds is 16. The molecule has 0 radical (unpaired) electrons. The fourth-order valence-electron chi connectivity index (χ4n) is 2.96. The maximum Gasteiger partial charge on any atom is 0.326 e. The van der Waals surface area contributed by atoms with Gasteiger partial charge in [-0.25, -0.2) is 4.79 Å². The number of nitrogens with zero attached hydrogens (tertiary/aromatic N) is 1. The molecule has 14 heteroatoms. The van der Waals surface area contributed by atoms with Crippen molar-refractivity contribution in [2.45, 2.75) is 77.5 Å². The molecule has 5 atom stereocenters. The fraction of sp³-hybridized carbons (Fsp3) is 0.714. The maximum atomic E-state index is 13.0. The minimum absolute atomic E-state index is 0.0920. The molecule has 0 saturated carbocycles. The van der Waals surface area contributed by atoms with Gasteiger partial charge in [0.2, 0.25) is 23.6 Å². The number of nitrogens with one attached hydrogen (secondary N) is 3. The van der Waals surface area contributed by atoms with E-state index in [1.54, 1.807) is 27.7 Å². The Labute approximate surface area is 205 Å². The quantitative estimate of drug-likeness (QED) is 0.0631. The van der Waals surface area contributed by atoms with E-state index in [9.17, 15) is 29.1 Å². The molecule has 0 saturated heterocycles. The first-order valence-electron chi connectivity index (χ1n) is 11.4. The van der Waals surface area contributed by atoms with E-state index in [2.05, 4.69) is 20.9 Å². The van der Waals surface area contributed by atoms with Crippen molar-refractivity contribution in [3.63, 3.8) is 0 Å². The van der Waals surface area contributed by atoms with Crippen LogP contribution >= 0.6 is 0 Å². The summed E-state index contributed by atoms with van der Waals surface area (Å²) in [5.41, 5.74) is 21.7. The number of aliphatic carboxylic acids is 1. The predicted octanol–water partition coefficient (Wildman–Crippen LogP) is -2.52. The van der Waals surface area contributed by atoms with Gasteiger partial charge in [-0.2, -0.15) is 0 Å². The highest BCUT2D eigenvalue weighted by atomic mass is 16.4. The summed E-state index contributed by atoms with van der Waals surface area (Å²) >= 11 is 0. The van der Waals surface area contributed by atoms with Gasteiger partial charge in [-0.15, -0.1) is 0 Å². The van der Waals surface area contributed by atoms with Crippen molar-refractivity contribution in [2.24, 2.45) is 39.8 Å². The monoisotopic (exact) mass is 500 g/mol. The summed E-state index contributed by atoms with van der Waals surface area (Å²) in [6, 6.07) is -4.71. The van der Waals surface area contributed by atoms with Crippen LogP contribution in [-0.4, -0.2) is 71.4 Å². The second-order valence-electron chi connectivity index (χ2n) is 8.72. The van der Waals surface area contributed by atoms with Crippen LogP contribution in [0.25, 0.3) is 0 Å². The molecule has 0 spiro atoms. The summed E-state index contributed by atoms with van der Waals surface area (Å²) < 4.78 is 0. The van der Waals surface area contributed by atoms with Crippen LogP contribution < -0.4 is 38.9 Å². The number of carboxylic acid groups (broad SMARTS) is 1. The van der Waals surface area contributed by atoms with E-state index in [1.165, 1.54) is 0 Å². The Morgan fingerprint density at radius 3 is 1.89 bits per heavy atom. The Bertz CT molecular complexity index is 784. The largest absolute Gasteiger partial charge is 0.480 e. The highest BCUT2D eigenvalue weighted by molar-refractivity contribution is 5.96. The lowest BCUT2D eigenvalue weighted by Gasteiger charge is -2.26. The first-order chi connectivity index (χ1) is 16.2. The first kappa shape index (κ1) is 31.6. The lowest BCUT2D eigenvalue weighted by Crippen LogP contribution is -2.58. The van der Waals surface area contributed by atoms with Gasteiger partial charge >= 0.3 is 5.97 Å². The Morgan fingerprint density at radius 1 is 0.886 bits per heavy atom. The lowest BCUT2D eigenvalue weighted by atomic mass is 9.98. The van der Waals surface area contributed by atoms with Crippen molar-refractivity contribution in [1.82, 2.24) is 16.0 Å². The number of hydrogen-bond acceptors (Lipinski definition) is 7. The van der Waals surface area contributed by atoms with Gasteiger partial charge in [0.05, 0.1) is 12.5 Å². The van der Waals surface area contributed by atoms with Crippen molar-refractivity contribution in [2.75, 3.05) is 6.54 Å². The number of hydrogen-bond donors (Lipinski definition) is 8. The molecule has 35 heavy (non-hydrogen) atoms. The molecule has 0 bridgehead atoms. The Balaban J connectivity index is 5.67. The third-order valence-electron chi connectivity index (χ3n) is 5.41. The number of nitrogens with two attached hydrogens (primary N) is 4. The molecule has 0 aliphatic heterocycles. The van der Waals surface area contributed by atoms with Crippen LogP contribution in [0.3, 0.4) is 0 Å².